The van der Waals surface area contributed by atoms with Crippen LogP contribution in [-0.4, -0.2) is 45.4 Å². The molecule has 1 amide bonds. The van der Waals surface area contributed by atoms with Gasteiger partial charge in [-0.2, -0.15) is 0 Å². The smallest absolute Gasteiger partial charge is 0.223 e. The van der Waals surface area contributed by atoms with E-state index >= 15 is 0 Å². The van der Waals surface area contributed by atoms with Crippen LogP contribution in [0.3, 0.4) is 0 Å². The molecule has 1 N–H and O–H groups in total. The molecule has 0 saturated carbocycles. The number of piperidine rings is 1. The molecule has 0 aliphatic carbocycles. The van der Waals surface area contributed by atoms with Gasteiger partial charge in [0.25, 0.3) is 0 Å². The van der Waals surface area contributed by atoms with Crippen LogP contribution in [0.15, 0.2) is 23.8 Å². The molecular formula is C18H25N5OS. The minimum Gasteiger partial charge on any atom is -0.356 e. The molecule has 0 atom stereocenters. The molecule has 1 fully saturated rings. The Bertz CT molecular complexity index is 667. The number of carbonyl (C=O) groups is 1. The van der Waals surface area contributed by atoms with Gasteiger partial charge in [-0.05, 0) is 38.4 Å². The van der Waals surface area contributed by atoms with Crippen molar-refractivity contribution < 1.29 is 4.79 Å². The van der Waals surface area contributed by atoms with Gasteiger partial charge in [-0.15, -0.1) is 11.3 Å². The quantitative estimate of drug-likeness (QED) is 0.770. The van der Waals surface area contributed by atoms with Gasteiger partial charge in [0, 0.05) is 36.8 Å². The fourth-order valence-electron chi connectivity index (χ4n) is 3.01. The third-order valence-electron chi connectivity index (χ3n) is 4.48. The predicted molar refractivity (Wildman–Crippen MR) is 99.1 cm³/mol. The van der Waals surface area contributed by atoms with Crippen molar-refractivity contribution in [1.29, 1.82) is 0 Å². The van der Waals surface area contributed by atoms with Gasteiger partial charge in [0.1, 0.15) is 0 Å². The SMILES string of the molecule is CCCCNC(=O)C1CCN(Cc2csc(-c3ncccn3)n2)CC1. The minimum atomic E-state index is 0.164. The number of amides is 1. The van der Waals surface area contributed by atoms with E-state index in [1.54, 1.807) is 29.8 Å². The van der Waals surface area contributed by atoms with Crippen molar-refractivity contribution in [3.05, 3.63) is 29.5 Å². The predicted octanol–water partition coefficient (Wildman–Crippen LogP) is 2.73. The first-order valence-corrected chi connectivity index (χ1v) is 9.86. The van der Waals surface area contributed by atoms with Gasteiger partial charge < -0.3 is 5.32 Å². The first-order valence-electron chi connectivity index (χ1n) is 8.98. The van der Waals surface area contributed by atoms with Crippen molar-refractivity contribution in [2.24, 2.45) is 5.92 Å². The van der Waals surface area contributed by atoms with Crippen LogP contribution < -0.4 is 5.32 Å². The van der Waals surface area contributed by atoms with Crippen molar-refractivity contribution in [3.63, 3.8) is 0 Å². The highest BCUT2D eigenvalue weighted by atomic mass is 32.1. The van der Waals surface area contributed by atoms with Crippen molar-refractivity contribution in [2.75, 3.05) is 19.6 Å². The van der Waals surface area contributed by atoms with E-state index in [2.05, 4.69) is 37.5 Å². The Morgan fingerprint density at radius 2 is 2.08 bits per heavy atom. The monoisotopic (exact) mass is 359 g/mol. The number of aromatic nitrogens is 3. The number of thiazole rings is 1. The summed E-state index contributed by atoms with van der Waals surface area (Å²) in [5.41, 5.74) is 1.05. The van der Waals surface area contributed by atoms with Crippen LogP contribution in [0.4, 0.5) is 0 Å². The molecule has 7 heteroatoms. The highest BCUT2D eigenvalue weighted by Crippen LogP contribution is 2.23. The van der Waals surface area contributed by atoms with E-state index in [0.29, 0.717) is 5.82 Å². The largest absolute Gasteiger partial charge is 0.356 e. The van der Waals surface area contributed by atoms with E-state index in [9.17, 15) is 4.79 Å². The summed E-state index contributed by atoms with van der Waals surface area (Å²) in [6, 6.07) is 1.81. The molecule has 0 spiro atoms. The van der Waals surface area contributed by atoms with Crippen LogP contribution in [0.5, 0.6) is 0 Å². The van der Waals surface area contributed by atoms with Gasteiger partial charge in [0.2, 0.25) is 5.91 Å². The Hall–Kier alpha value is -1.86. The van der Waals surface area contributed by atoms with E-state index in [1.807, 2.05) is 0 Å². The number of rotatable bonds is 7. The molecule has 3 rings (SSSR count). The third-order valence-corrected chi connectivity index (χ3v) is 5.37. The van der Waals surface area contributed by atoms with Crippen LogP contribution in [-0.2, 0) is 11.3 Å². The average molecular weight is 359 g/mol. The maximum atomic E-state index is 12.1. The maximum Gasteiger partial charge on any atom is 0.223 e. The molecule has 2 aromatic rings. The van der Waals surface area contributed by atoms with Crippen molar-refractivity contribution in [3.8, 4) is 10.8 Å². The van der Waals surface area contributed by atoms with Crippen molar-refractivity contribution >= 4 is 17.2 Å². The van der Waals surface area contributed by atoms with Crippen LogP contribution in [0, 0.1) is 5.92 Å². The summed E-state index contributed by atoms with van der Waals surface area (Å²) < 4.78 is 0. The van der Waals surface area contributed by atoms with Gasteiger partial charge in [-0.3, -0.25) is 9.69 Å². The third kappa shape index (κ3) is 5.06. The summed E-state index contributed by atoms with van der Waals surface area (Å²) in [5.74, 6) is 1.07. The molecular weight excluding hydrogens is 334 g/mol. The van der Waals surface area contributed by atoms with Crippen LogP contribution in [0.2, 0.25) is 0 Å². The van der Waals surface area contributed by atoms with E-state index in [1.165, 1.54) is 0 Å². The number of hydrogen-bond donors (Lipinski definition) is 1. The van der Waals surface area contributed by atoms with Gasteiger partial charge >= 0.3 is 0 Å². The molecule has 0 aromatic carbocycles. The number of likely N-dealkylation sites (tertiary alicyclic amines) is 1. The molecule has 1 aliphatic heterocycles. The molecule has 134 valence electrons. The number of unbranched alkanes of at least 4 members (excludes halogenated alkanes) is 1. The lowest BCUT2D eigenvalue weighted by Crippen LogP contribution is -2.40. The summed E-state index contributed by atoms with van der Waals surface area (Å²) in [7, 11) is 0. The van der Waals surface area contributed by atoms with Gasteiger partial charge in [-0.25, -0.2) is 15.0 Å². The summed E-state index contributed by atoms with van der Waals surface area (Å²) in [5, 5.41) is 6.00. The lowest BCUT2D eigenvalue weighted by Gasteiger charge is -2.30. The molecule has 1 saturated heterocycles. The molecule has 3 heterocycles. The van der Waals surface area contributed by atoms with Gasteiger partial charge in [0.05, 0.1) is 5.69 Å². The molecule has 0 radical (unpaired) electrons. The van der Waals surface area contributed by atoms with Crippen LogP contribution in [0.25, 0.3) is 10.8 Å². The topological polar surface area (TPSA) is 71.0 Å². The number of nitrogens with zero attached hydrogens (tertiary/aromatic N) is 4. The summed E-state index contributed by atoms with van der Waals surface area (Å²) >= 11 is 1.58. The van der Waals surface area contributed by atoms with E-state index in [0.717, 1.165) is 62.6 Å². The standard InChI is InChI=1S/C18H25N5OS/c1-2-3-7-21-17(24)14-5-10-23(11-6-14)12-15-13-25-18(22-15)16-19-8-4-9-20-16/h4,8-9,13-14H,2-3,5-7,10-12H2,1H3,(H,21,24). The van der Waals surface area contributed by atoms with E-state index in [4.69, 9.17) is 0 Å². The second-order valence-electron chi connectivity index (χ2n) is 6.41. The van der Waals surface area contributed by atoms with Gasteiger partial charge in [0.15, 0.2) is 10.8 Å². The zero-order valence-electron chi connectivity index (χ0n) is 14.6. The molecule has 2 aromatic heterocycles. The number of hydrogen-bond acceptors (Lipinski definition) is 6. The van der Waals surface area contributed by atoms with E-state index < -0.39 is 0 Å². The zero-order chi connectivity index (χ0) is 17.5. The number of carbonyl (C=O) groups excluding carboxylic acids is 1. The highest BCUT2D eigenvalue weighted by Gasteiger charge is 2.25. The lowest BCUT2D eigenvalue weighted by molar-refractivity contribution is -0.126. The Labute approximate surface area is 152 Å². The maximum absolute atomic E-state index is 12.1. The Morgan fingerprint density at radius 1 is 1.32 bits per heavy atom. The molecule has 1 aliphatic rings. The van der Waals surface area contributed by atoms with Crippen molar-refractivity contribution in [2.45, 2.75) is 39.2 Å². The number of nitrogens with one attached hydrogen (secondary N) is 1. The summed E-state index contributed by atoms with van der Waals surface area (Å²) in [6.45, 7) is 5.66. The van der Waals surface area contributed by atoms with Crippen LogP contribution >= 0.6 is 11.3 Å². The molecule has 6 nitrogen and oxygen atoms in total. The fourth-order valence-corrected chi connectivity index (χ4v) is 3.76. The second kappa shape index (κ2) is 9.01. The van der Waals surface area contributed by atoms with Crippen molar-refractivity contribution in [1.82, 2.24) is 25.2 Å². The zero-order valence-corrected chi connectivity index (χ0v) is 15.5. The summed E-state index contributed by atoms with van der Waals surface area (Å²) in [4.78, 5) is 27.7. The second-order valence-corrected chi connectivity index (χ2v) is 7.27. The highest BCUT2D eigenvalue weighted by molar-refractivity contribution is 7.13. The first kappa shape index (κ1) is 17.9. The lowest BCUT2D eigenvalue weighted by atomic mass is 9.96. The molecule has 0 unspecified atom stereocenters. The van der Waals surface area contributed by atoms with Crippen LogP contribution in [0.1, 0.15) is 38.3 Å². The Balaban J connectivity index is 1.46. The normalized spacial score (nSPS) is 16.0. The average Bonchev–Trinajstić information content (AvgIpc) is 3.12. The first-order chi connectivity index (χ1) is 12.3. The fraction of sp³-hybridized carbons (Fsp3) is 0.556. The Kier molecular flexibility index (Phi) is 6.47. The van der Waals surface area contributed by atoms with Gasteiger partial charge in [-0.1, -0.05) is 13.3 Å². The molecule has 25 heavy (non-hydrogen) atoms. The summed E-state index contributed by atoms with van der Waals surface area (Å²) in [6.07, 6.45) is 7.50. The molecule has 0 bridgehead atoms. The van der Waals surface area contributed by atoms with E-state index in [-0.39, 0.29) is 11.8 Å². The minimum absolute atomic E-state index is 0.164. The Morgan fingerprint density at radius 3 is 2.80 bits per heavy atom.